The predicted octanol–water partition coefficient (Wildman–Crippen LogP) is 5.85. The van der Waals surface area contributed by atoms with Gasteiger partial charge in [-0.1, -0.05) is 35.9 Å². The summed E-state index contributed by atoms with van der Waals surface area (Å²) in [6.45, 7) is 2.71. The second-order valence-electron chi connectivity index (χ2n) is 7.02. The third kappa shape index (κ3) is 5.45. The normalized spacial score (nSPS) is 10.6. The summed E-state index contributed by atoms with van der Waals surface area (Å²) in [6, 6.07) is 19.6. The van der Waals surface area contributed by atoms with Crippen molar-refractivity contribution < 1.29 is 19.3 Å². The maximum Gasteiger partial charge on any atom is 0.220 e. The number of nitrogen functional groups attached to an aromatic ring is 1. The molecule has 4 aromatic rings. The van der Waals surface area contributed by atoms with Crippen LogP contribution in [0.5, 0.6) is 28.7 Å². The Labute approximate surface area is 196 Å². The summed E-state index contributed by atoms with van der Waals surface area (Å²) >= 11 is 5.91. The van der Waals surface area contributed by atoms with E-state index in [2.05, 4.69) is 9.97 Å². The summed E-state index contributed by atoms with van der Waals surface area (Å²) in [5, 5.41) is 11.4. The monoisotopic (exact) mass is 463 g/mol. The average Bonchev–Trinajstić information content (AvgIpc) is 2.81. The van der Waals surface area contributed by atoms with Gasteiger partial charge in [-0.15, -0.1) is 0 Å². The van der Waals surface area contributed by atoms with Crippen molar-refractivity contribution in [3.63, 3.8) is 0 Å². The molecular weight excluding hydrogens is 442 g/mol. The third-order valence-corrected chi connectivity index (χ3v) is 4.94. The van der Waals surface area contributed by atoms with Crippen LogP contribution < -0.4 is 19.9 Å². The van der Waals surface area contributed by atoms with Crippen LogP contribution in [0.3, 0.4) is 0 Å². The molecule has 0 aliphatic carbocycles. The maximum absolute atomic E-state index is 10.7. The molecule has 0 spiro atoms. The number of hydrogen-bond donors (Lipinski definition) is 2. The summed E-state index contributed by atoms with van der Waals surface area (Å²) in [5.74, 6) is 1.91. The van der Waals surface area contributed by atoms with Crippen molar-refractivity contribution in [3.05, 3.63) is 83.5 Å². The number of nitrogens with two attached hydrogens (primary N) is 1. The minimum absolute atomic E-state index is 0.0374. The minimum Gasteiger partial charge on any atom is -0.507 e. The zero-order valence-corrected chi connectivity index (χ0v) is 18.6. The molecule has 0 amide bonds. The molecule has 0 atom stereocenters. The molecule has 0 saturated heterocycles. The van der Waals surface area contributed by atoms with Gasteiger partial charge in [-0.25, -0.2) is 9.97 Å². The van der Waals surface area contributed by atoms with E-state index >= 15 is 0 Å². The Kier molecular flexibility index (Phi) is 6.80. The van der Waals surface area contributed by atoms with Crippen LogP contribution in [0.2, 0.25) is 5.02 Å². The molecule has 0 radical (unpaired) electrons. The average molecular weight is 464 g/mol. The molecule has 7 nitrogen and oxygen atoms in total. The molecule has 1 aromatic heterocycles. The van der Waals surface area contributed by atoms with Crippen LogP contribution in [0.15, 0.2) is 72.9 Å². The lowest BCUT2D eigenvalue weighted by Crippen LogP contribution is -2.01. The third-order valence-electron chi connectivity index (χ3n) is 4.69. The second-order valence-corrected chi connectivity index (χ2v) is 7.45. The van der Waals surface area contributed by atoms with E-state index in [1.165, 1.54) is 12.3 Å². The Morgan fingerprint density at radius 2 is 1.70 bits per heavy atom. The first kappa shape index (κ1) is 22.2. The first-order chi connectivity index (χ1) is 16.0. The standard InChI is InChI=1S/C25H22ClN3O4/c1-2-31-21-5-3-4-6-22(21)33-23-14-28-25(27)29-24(23)19-12-11-18(13-20(19)30)32-15-16-7-9-17(26)10-8-16/h3-14,30H,2,15H2,1H3,(H2,27,28,29). The van der Waals surface area contributed by atoms with Crippen LogP contribution in [-0.2, 0) is 6.61 Å². The number of benzene rings is 3. The minimum atomic E-state index is -0.0374. The largest absolute Gasteiger partial charge is 0.507 e. The van der Waals surface area contributed by atoms with Crippen molar-refractivity contribution in [2.24, 2.45) is 0 Å². The van der Waals surface area contributed by atoms with Crippen molar-refractivity contribution in [2.45, 2.75) is 13.5 Å². The number of phenolic OH excluding ortho intramolecular Hbond substituents is 1. The van der Waals surface area contributed by atoms with E-state index in [1.54, 1.807) is 36.4 Å². The van der Waals surface area contributed by atoms with E-state index in [-0.39, 0.29) is 11.7 Å². The Morgan fingerprint density at radius 3 is 2.42 bits per heavy atom. The summed E-state index contributed by atoms with van der Waals surface area (Å²) < 4.78 is 17.5. The number of para-hydroxylation sites is 2. The van der Waals surface area contributed by atoms with E-state index in [0.717, 1.165) is 5.56 Å². The van der Waals surface area contributed by atoms with Gasteiger partial charge in [0, 0.05) is 16.7 Å². The fourth-order valence-corrected chi connectivity index (χ4v) is 3.25. The topological polar surface area (TPSA) is 99.7 Å². The van der Waals surface area contributed by atoms with Crippen LogP contribution in [0, 0.1) is 0 Å². The highest BCUT2D eigenvalue weighted by Gasteiger charge is 2.17. The Balaban J connectivity index is 1.59. The molecule has 0 unspecified atom stereocenters. The van der Waals surface area contributed by atoms with Gasteiger partial charge in [0.1, 0.15) is 23.8 Å². The van der Waals surface area contributed by atoms with Crippen LogP contribution in [0.4, 0.5) is 5.95 Å². The van der Waals surface area contributed by atoms with Crippen LogP contribution >= 0.6 is 11.6 Å². The van der Waals surface area contributed by atoms with Gasteiger partial charge in [-0.05, 0) is 48.9 Å². The molecular formula is C25H22ClN3O4. The molecule has 3 aromatic carbocycles. The fraction of sp³-hybridized carbons (Fsp3) is 0.120. The molecule has 4 rings (SSSR count). The highest BCUT2D eigenvalue weighted by Crippen LogP contribution is 2.40. The van der Waals surface area contributed by atoms with Gasteiger partial charge in [0.2, 0.25) is 5.95 Å². The molecule has 3 N–H and O–H groups in total. The first-order valence-electron chi connectivity index (χ1n) is 10.3. The molecule has 1 heterocycles. The first-order valence-corrected chi connectivity index (χ1v) is 10.6. The summed E-state index contributed by atoms with van der Waals surface area (Å²) in [7, 11) is 0. The van der Waals surface area contributed by atoms with Crippen LogP contribution in [-0.4, -0.2) is 21.7 Å². The molecule has 0 aliphatic rings. The molecule has 0 saturated carbocycles. The predicted molar refractivity (Wildman–Crippen MR) is 127 cm³/mol. The smallest absolute Gasteiger partial charge is 0.220 e. The van der Waals surface area contributed by atoms with Gasteiger partial charge in [-0.3, -0.25) is 0 Å². The van der Waals surface area contributed by atoms with Crippen molar-refractivity contribution in [1.29, 1.82) is 0 Å². The highest BCUT2D eigenvalue weighted by molar-refractivity contribution is 6.30. The van der Waals surface area contributed by atoms with Crippen molar-refractivity contribution in [1.82, 2.24) is 9.97 Å². The lowest BCUT2D eigenvalue weighted by Gasteiger charge is -2.15. The lowest BCUT2D eigenvalue weighted by molar-refractivity contribution is 0.304. The van der Waals surface area contributed by atoms with Crippen molar-refractivity contribution >= 4 is 17.5 Å². The molecule has 0 aliphatic heterocycles. The Bertz CT molecular complexity index is 1250. The fourth-order valence-electron chi connectivity index (χ4n) is 3.13. The van der Waals surface area contributed by atoms with Gasteiger partial charge < -0.3 is 25.1 Å². The van der Waals surface area contributed by atoms with E-state index < -0.39 is 0 Å². The number of ether oxygens (including phenoxy) is 3. The number of rotatable bonds is 8. The summed E-state index contributed by atoms with van der Waals surface area (Å²) in [4.78, 5) is 8.33. The van der Waals surface area contributed by atoms with E-state index in [9.17, 15) is 5.11 Å². The summed E-state index contributed by atoms with van der Waals surface area (Å²) in [6.07, 6.45) is 1.46. The molecule has 33 heavy (non-hydrogen) atoms. The van der Waals surface area contributed by atoms with E-state index in [1.807, 2.05) is 31.2 Å². The number of phenols is 1. The Hall–Kier alpha value is -3.97. The highest BCUT2D eigenvalue weighted by atomic mass is 35.5. The second kappa shape index (κ2) is 10.1. The van der Waals surface area contributed by atoms with E-state index in [0.29, 0.717) is 52.5 Å². The van der Waals surface area contributed by atoms with Gasteiger partial charge in [0.15, 0.2) is 17.2 Å². The van der Waals surface area contributed by atoms with Gasteiger partial charge in [-0.2, -0.15) is 0 Å². The number of nitrogens with zero attached hydrogens (tertiary/aromatic N) is 2. The zero-order chi connectivity index (χ0) is 23.2. The lowest BCUT2D eigenvalue weighted by atomic mass is 10.1. The quantitative estimate of drug-likeness (QED) is 0.338. The summed E-state index contributed by atoms with van der Waals surface area (Å²) in [5.41, 5.74) is 7.54. The van der Waals surface area contributed by atoms with Crippen molar-refractivity contribution in [3.8, 4) is 40.0 Å². The zero-order valence-electron chi connectivity index (χ0n) is 17.9. The molecule has 168 valence electrons. The Morgan fingerprint density at radius 1 is 0.939 bits per heavy atom. The molecule has 0 fully saturated rings. The molecule has 0 bridgehead atoms. The van der Waals surface area contributed by atoms with E-state index in [4.69, 9.17) is 31.5 Å². The maximum atomic E-state index is 10.7. The SMILES string of the molecule is CCOc1ccccc1Oc1cnc(N)nc1-c1ccc(OCc2ccc(Cl)cc2)cc1O. The number of aromatic hydroxyl groups is 1. The molecule has 8 heteroatoms. The van der Waals surface area contributed by atoms with Crippen molar-refractivity contribution in [2.75, 3.05) is 12.3 Å². The number of aromatic nitrogens is 2. The van der Waals surface area contributed by atoms with Crippen LogP contribution in [0.25, 0.3) is 11.3 Å². The number of anilines is 1. The van der Waals surface area contributed by atoms with Crippen LogP contribution in [0.1, 0.15) is 12.5 Å². The number of halogens is 1. The van der Waals surface area contributed by atoms with Gasteiger partial charge >= 0.3 is 0 Å². The van der Waals surface area contributed by atoms with Gasteiger partial charge in [0.05, 0.1) is 12.8 Å². The van der Waals surface area contributed by atoms with Gasteiger partial charge in [0.25, 0.3) is 0 Å². The number of hydrogen-bond acceptors (Lipinski definition) is 7.